The van der Waals surface area contributed by atoms with E-state index in [9.17, 15) is 9.18 Å². The number of halogens is 1. The molecular formula is C11H11FO2. The first-order valence-electron chi connectivity index (χ1n) is 4.55. The summed E-state index contributed by atoms with van der Waals surface area (Å²) in [7, 11) is 0. The lowest BCUT2D eigenvalue weighted by atomic mass is 9.88. The fourth-order valence-electron chi connectivity index (χ4n) is 1.59. The topological polar surface area (TPSA) is 26.3 Å². The molecule has 1 aromatic carbocycles. The minimum absolute atomic E-state index is 0.0941. The number of carbonyl (C=O) groups is 1. The van der Waals surface area contributed by atoms with Crippen LogP contribution >= 0.6 is 0 Å². The maximum Gasteiger partial charge on any atom is 0.152 e. The van der Waals surface area contributed by atoms with Crippen LogP contribution in [-0.4, -0.2) is 12.9 Å². The van der Waals surface area contributed by atoms with Crippen molar-refractivity contribution >= 4 is 6.29 Å². The van der Waals surface area contributed by atoms with Crippen molar-refractivity contribution in [2.45, 2.75) is 18.9 Å². The van der Waals surface area contributed by atoms with Crippen molar-refractivity contribution in [1.29, 1.82) is 0 Å². The van der Waals surface area contributed by atoms with E-state index in [2.05, 4.69) is 0 Å². The summed E-state index contributed by atoms with van der Waals surface area (Å²) >= 11 is 0. The lowest BCUT2D eigenvalue weighted by Crippen LogP contribution is -2.37. The molecule has 0 radical (unpaired) electrons. The molecule has 1 fully saturated rings. The molecule has 1 unspecified atom stereocenters. The van der Waals surface area contributed by atoms with Crippen LogP contribution in [0.5, 0.6) is 0 Å². The van der Waals surface area contributed by atoms with Crippen molar-refractivity contribution in [3.8, 4) is 0 Å². The number of carbonyl (C=O) groups excluding carboxylic acids is 1. The van der Waals surface area contributed by atoms with E-state index in [1.54, 1.807) is 6.07 Å². The molecule has 0 bridgehead atoms. The SMILES string of the molecule is CC1(c2ccc(C=O)c(F)c2)CCO1. The standard InChI is InChI=1S/C11H11FO2/c1-11(4-5-14-11)9-3-2-8(7-13)10(12)6-9/h2-3,6-7H,4-5H2,1H3. The van der Waals surface area contributed by atoms with E-state index < -0.39 is 5.82 Å². The minimum Gasteiger partial charge on any atom is -0.370 e. The molecule has 1 aliphatic heterocycles. The molecule has 0 amide bonds. The van der Waals surface area contributed by atoms with Crippen molar-refractivity contribution in [3.05, 3.63) is 35.1 Å². The molecule has 2 rings (SSSR count). The number of ether oxygens (including phenoxy) is 1. The molecule has 1 atom stereocenters. The molecule has 0 saturated carbocycles. The molecule has 1 aliphatic rings. The van der Waals surface area contributed by atoms with Crippen LogP contribution in [0.1, 0.15) is 29.3 Å². The molecule has 0 N–H and O–H groups in total. The van der Waals surface area contributed by atoms with Crippen molar-refractivity contribution in [3.63, 3.8) is 0 Å². The van der Waals surface area contributed by atoms with Crippen LogP contribution in [0, 0.1) is 5.82 Å². The Labute approximate surface area is 81.7 Å². The highest BCUT2D eigenvalue weighted by Gasteiger charge is 2.35. The average molecular weight is 194 g/mol. The zero-order chi connectivity index (χ0) is 10.2. The van der Waals surface area contributed by atoms with Gasteiger partial charge in [-0.3, -0.25) is 4.79 Å². The second-order valence-electron chi connectivity index (χ2n) is 3.68. The summed E-state index contributed by atoms with van der Waals surface area (Å²) < 4.78 is 18.6. The second-order valence-corrected chi connectivity index (χ2v) is 3.68. The van der Waals surface area contributed by atoms with Gasteiger partial charge in [0.15, 0.2) is 6.29 Å². The highest BCUT2D eigenvalue weighted by Crippen LogP contribution is 2.36. The van der Waals surface area contributed by atoms with Gasteiger partial charge in [0.25, 0.3) is 0 Å². The normalized spacial score (nSPS) is 25.6. The Hall–Kier alpha value is -1.22. The van der Waals surface area contributed by atoms with E-state index in [4.69, 9.17) is 4.74 Å². The van der Waals surface area contributed by atoms with Gasteiger partial charge in [-0.25, -0.2) is 4.39 Å². The fourth-order valence-corrected chi connectivity index (χ4v) is 1.59. The summed E-state index contributed by atoms with van der Waals surface area (Å²) in [4.78, 5) is 10.4. The zero-order valence-electron chi connectivity index (χ0n) is 7.92. The maximum atomic E-state index is 13.3. The van der Waals surface area contributed by atoms with Gasteiger partial charge < -0.3 is 4.74 Å². The van der Waals surface area contributed by atoms with E-state index in [0.717, 1.165) is 12.0 Å². The van der Waals surface area contributed by atoms with Gasteiger partial charge in [-0.05, 0) is 24.6 Å². The highest BCUT2D eigenvalue weighted by molar-refractivity contribution is 5.75. The predicted octanol–water partition coefficient (Wildman–Crippen LogP) is 2.27. The Bertz CT molecular complexity index is 370. The first kappa shape index (κ1) is 9.34. The maximum absolute atomic E-state index is 13.3. The summed E-state index contributed by atoms with van der Waals surface area (Å²) in [5.41, 5.74) is 0.533. The Morgan fingerprint density at radius 3 is 2.71 bits per heavy atom. The third-order valence-electron chi connectivity index (χ3n) is 2.74. The number of rotatable bonds is 2. The summed E-state index contributed by atoms with van der Waals surface area (Å²) in [6.45, 7) is 2.64. The molecule has 2 nitrogen and oxygen atoms in total. The van der Waals surface area contributed by atoms with Gasteiger partial charge in [-0.15, -0.1) is 0 Å². The third-order valence-corrected chi connectivity index (χ3v) is 2.74. The fraction of sp³-hybridized carbons (Fsp3) is 0.364. The van der Waals surface area contributed by atoms with Crippen LogP contribution in [0.2, 0.25) is 0 Å². The molecule has 3 heteroatoms. The molecule has 0 spiro atoms. The summed E-state index contributed by atoms with van der Waals surface area (Å²) in [6, 6.07) is 4.61. The Morgan fingerprint density at radius 1 is 1.57 bits per heavy atom. The monoisotopic (exact) mass is 194 g/mol. The Balaban J connectivity index is 2.37. The summed E-state index contributed by atoms with van der Waals surface area (Å²) in [5, 5.41) is 0. The molecule has 14 heavy (non-hydrogen) atoms. The number of aldehydes is 1. The predicted molar refractivity (Wildman–Crippen MR) is 49.7 cm³/mol. The van der Waals surface area contributed by atoms with Crippen LogP contribution in [0.15, 0.2) is 18.2 Å². The van der Waals surface area contributed by atoms with Crippen molar-refractivity contribution in [2.75, 3.05) is 6.61 Å². The molecule has 0 aromatic heterocycles. The molecular weight excluding hydrogens is 183 g/mol. The second kappa shape index (κ2) is 3.17. The van der Waals surface area contributed by atoms with Crippen molar-refractivity contribution in [2.24, 2.45) is 0 Å². The zero-order valence-corrected chi connectivity index (χ0v) is 7.92. The Kier molecular flexibility index (Phi) is 2.11. The molecule has 1 saturated heterocycles. The number of benzene rings is 1. The van der Waals surface area contributed by atoms with Gasteiger partial charge in [-0.1, -0.05) is 6.07 Å². The molecule has 1 heterocycles. The van der Waals surface area contributed by atoms with E-state index in [-0.39, 0.29) is 11.2 Å². The molecule has 1 aromatic rings. The minimum atomic E-state index is -0.478. The van der Waals surface area contributed by atoms with Gasteiger partial charge in [0.05, 0.1) is 17.8 Å². The third kappa shape index (κ3) is 1.34. The smallest absolute Gasteiger partial charge is 0.152 e. The summed E-state index contributed by atoms with van der Waals surface area (Å²) in [6.07, 6.45) is 1.41. The lowest BCUT2D eigenvalue weighted by molar-refractivity contribution is -0.140. The van der Waals surface area contributed by atoms with Gasteiger partial charge in [0.2, 0.25) is 0 Å². The van der Waals surface area contributed by atoms with Crippen LogP contribution in [0.3, 0.4) is 0 Å². The largest absolute Gasteiger partial charge is 0.370 e. The average Bonchev–Trinajstić information content (AvgIpc) is 2.14. The highest BCUT2D eigenvalue weighted by atomic mass is 19.1. The van der Waals surface area contributed by atoms with Crippen molar-refractivity contribution < 1.29 is 13.9 Å². The van der Waals surface area contributed by atoms with Crippen molar-refractivity contribution in [1.82, 2.24) is 0 Å². The lowest BCUT2D eigenvalue weighted by Gasteiger charge is -2.39. The van der Waals surface area contributed by atoms with Gasteiger partial charge in [0, 0.05) is 6.42 Å². The van der Waals surface area contributed by atoms with E-state index in [1.165, 1.54) is 12.1 Å². The van der Waals surface area contributed by atoms with Crippen LogP contribution in [-0.2, 0) is 10.3 Å². The number of hydrogen-bond donors (Lipinski definition) is 0. The number of hydrogen-bond acceptors (Lipinski definition) is 2. The van der Waals surface area contributed by atoms with Gasteiger partial charge in [0.1, 0.15) is 5.82 Å². The van der Waals surface area contributed by atoms with Gasteiger partial charge in [-0.2, -0.15) is 0 Å². The van der Waals surface area contributed by atoms with Gasteiger partial charge >= 0.3 is 0 Å². The quantitative estimate of drug-likeness (QED) is 0.675. The summed E-state index contributed by atoms with van der Waals surface area (Å²) in [5.74, 6) is -0.478. The first-order valence-corrected chi connectivity index (χ1v) is 4.55. The van der Waals surface area contributed by atoms with E-state index >= 15 is 0 Å². The Morgan fingerprint density at radius 2 is 2.29 bits per heavy atom. The van der Waals surface area contributed by atoms with Crippen LogP contribution in [0.4, 0.5) is 4.39 Å². The molecule has 0 aliphatic carbocycles. The first-order chi connectivity index (χ1) is 6.65. The van der Waals surface area contributed by atoms with E-state index in [1.807, 2.05) is 6.92 Å². The van der Waals surface area contributed by atoms with Crippen LogP contribution < -0.4 is 0 Å². The molecule has 74 valence electrons. The van der Waals surface area contributed by atoms with Crippen LogP contribution in [0.25, 0.3) is 0 Å². The van der Waals surface area contributed by atoms with E-state index in [0.29, 0.717) is 12.9 Å².